The summed E-state index contributed by atoms with van der Waals surface area (Å²) < 4.78 is 2.27. The smallest absolute Gasteiger partial charge is 0.0948 e. The van der Waals surface area contributed by atoms with E-state index < -0.39 is 0 Å². The molecule has 0 radical (unpaired) electrons. The zero-order valence-corrected chi connectivity index (χ0v) is 9.15. The van der Waals surface area contributed by atoms with E-state index in [0.717, 1.165) is 32.6 Å². The molecule has 2 rings (SSSR count). The summed E-state index contributed by atoms with van der Waals surface area (Å²) in [5.74, 6) is 0.687. The van der Waals surface area contributed by atoms with E-state index >= 15 is 0 Å². The quantitative estimate of drug-likeness (QED) is 0.766. The van der Waals surface area contributed by atoms with Gasteiger partial charge >= 0.3 is 0 Å². The predicted molar refractivity (Wildman–Crippen MR) is 60.7 cm³/mol. The number of nitrogens with one attached hydrogen (secondary N) is 1. The lowest BCUT2D eigenvalue weighted by Gasteiger charge is -2.23. The van der Waals surface area contributed by atoms with Gasteiger partial charge in [-0.2, -0.15) is 0 Å². The van der Waals surface area contributed by atoms with Gasteiger partial charge in [0.05, 0.1) is 6.33 Å². The van der Waals surface area contributed by atoms with Gasteiger partial charge in [0.1, 0.15) is 0 Å². The number of nitrogens with zero attached hydrogens (tertiary/aromatic N) is 2. The van der Waals surface area contributed by atoms with Crippen molar-refractivity contribution in [2.45, 2.75) is 31.7 Å². The summed E-state index contributed by atoms with van der Waals surface area (Å²) in [6.45, 7) is 4.03. The first kappa shape index (κ1) is 10.6. The molecule has 3 N–H and O–H groups in total. The summed E-state index contributed by atoms with van der Waals surface area (Å²) in [6, 6.07) is 0. The molecule has 1 saturated heterocycles. The molecule has 15 heavy (non-hydrogen) atoms. The molecule has 0 aliphatic carbocycles. The van der Waals surface area contributed by atoms with E-state index in [1.165, 1.54) is 18.5 Å². The van der Waals surface area contributed by atoms with Gasteiger partial charge in [0.25, 0.3) is 0 Å². The van der Waals surface area contributed by atoms with Crippen LogP contribution in [-0.2, 0) is 6.54 Å². The minimum absolute atomic E-state index is 0.687. The number of piperidine rings is 1. The number of imidazole rings is 1. The highest BCUT2D eigenvalue weighted by molar-refractivity contribution is 5.07. The molecule has 4 nitrogen and oxygen atoms in total. The average Bonchev–Trinajstić information content (AvgIpc) is 2.75. The fourth-order valence-corrected chi connectivity index (χ4v) is 2.24. The standard InChI is InChI=1S/C11H20N4/c12-4-1-7-15-9-14-8-11(15)10-2-5-13-6-3-10/h8-10,13H,1-7,12H2. The lowest BCUT2D eigenvalue weighted by molar-refractivity contribution is 0.437. The van der Waals surface area contributed by atoms with Crippen molar-refractivity contribution >= 4 is 0 Å². The van der Waals surface area contributed by atoms with Crippen molar-refractivity contribution in [3.8, 4) is 0 Å². The summed E-state index contributed by atoms with van der Waals surface area (Å²) in [7, 11) is 0. The zero-order chi connectivity index (χ0) is 10.5. The third-order valence-corrected chi connectivity index (χ3v) is 3.11. The van der Waals surface area contributed by atoms with Gasteiger partial charge in [0, 0.05) is 24.4 Å². The van der Waals surface area contributed by atoms with Gasteiger partial charge < -0.3 is 15.6 Å². The summed E-state index contributed by atoms with van der Waals surface area (Å²) in [5.41, 5.74) is 6.92. The van der Waals surface area contributed by atoms with Crippen molar-refractivity contribution in [2.75, 3.05) is 19.6 Å². The van der Waals surface area contributed by atoms with Crippen LogP contribution in [0.2, 0.25) is 0 Å². The van der Waals surface area contributed by atoms with Crippen LogP contribution in [0.5, 0.6) is 0 Å². The van der Waals surface area contributed by atoms with E-state index in [2.05, 4.69) is 14.9 Å². The normalized spacial score (nSPS) is 18.2. The molecule has 84 valence electrons. The molecule has 1 aromatic heterocycles. The Kier molecular flexibility index (Phi) is 3.75. The van der Waals surface area contributed by atoms with Gasteiger partial charge in [-0.25, -0.2) is 4.98 Å². The molecule has 1 aromatic rings. The summed E-state index contributed by atoms with van der Waals surface area (Å²) in [6.07, 6.45) is 7.45. The molecule has 0 aromatic carbocycles. The Morgan fingerprint density at radius 3 is 3.00 bits per heavy atom. The summed E-state index contributed by atoms with van der Waals surface area (Å²) in [4.78, 5) is 4.25. The van der Waals surface area contributed by atoms with E-state index in [9.17, 15) is 0 Å². The van der Waals surface area contributed by atoms with Crippen molar-refractivity contribution in [1.82, 2.24) is 14.9 Å². The summed E-state index contributed by atoms with van der Waals surface area (Å²) in [5, 5.41) is 3.39. The molecule has 0 saturated carbocycles. The monoisotopic (exact) mass is 208 g/mol. The Morgan fingerprint density at radius 1 is 1.47 bits per heavy atom. The highest BCUT2D eigenvalue weighted by Gasteiger charge is 2.18. The lowest BCUT2D eigenvalue weighted by Crippen LogP contribution is -2.27. The van der Waals surface area contributed by atoms with Crippen LogP contribution in [-0.4, -0.2) is 29.2 Å². The number of rotatable bonds is 4. The maximum Gasteiger partial charge on any atom is 0.0948 e. The molecule has 1 fully saturated rings. The number of aryl methyl sites for hydroxylation is 1. The third kappa shape index (κ3) is 2.58. The number of hydrogen-bond donors (Lipinski definition) is 2. The average molecular weight is 208 g/mol. The zero-order valence-electron chi connectivity index (χ0n) is 9.15. The second kappa shape index (κ2) is 5.28. The topological polar surface area (TPSA) is 55.9 Å². The molecule has 1 aliphatic heterocycles. The van der Waals surface area contributed by atoms with Crippen LogP contribution in [0, 0.1) is 0 Å². The fraction of sp³-hybridized carbons (Fsp3) is 0.727. The Hall–Kier alpha value is -0.870. The molecular weight excluding hydrogens is 188 g/mol. The van der Waals surface area contributed by atoms with Gasteiger partial charge in [-0.15, -0.1) is 0 Å². The second-order valence-corrected chi connectivity index (χ2v) is 4.18. The van der Waals surface area contributed by atoms with E-state index in [-0.39, 0.29) is 0 Å². The predicted octanol–water partition coefficient (Wildman–Crippen LogP) is 0.699. The minimum atomic E-state index is 0.687. The first-order chi connectivity index (χ1) is 7.42. The SMILES string of the molecule is NCCCn1cncc1C1CCNCC1. The highest BCUT2D eigenvalue weighted by Crippen LogP contribution is 2.24. The van der Waals surface area contributed by atoms with Crippen LogP contribution < -0.4 is 11.1 Å². The van der Waals surface area contributed by atoms with E-state index in [1.807, 2.05) is 12.5 Å². The van der Waals surface area contributed by atoms with Crippen LogP contribution in [0.15, 0.2) is 12.5 Å². The number of nitrogens with two attached hydrogens (primary N) is 1. The van der Waals surface area contributed by atoms with Crippen molar-refractivity contribution in [3.05, 3.63) is 18.2 Å². The Bertz CT molecular complexity index is 289. The third-order valence-electron chi connectivity index (χ3n) is 3.11. The largest absolute Gasteiger partial charge is 0.334 e. The van der Waals surface area contributed by atoms with Gasteiger partial charge in [-0.3, -0.25) is 0 Å². The maximum absolute atomic E-state index is 5.53. The first-order valence-corrected chi connectivity index (χ1v) is 5.82. The number of hydrogen-bond acceptors (Lipinski definition) is 3. The highest BCUT2D eigenvalue weighted by atomic mass is 15.0. The van der Waals surface area contributed by atoms with Crippen LogP contribution in [0.25, 0.3) is 0 Å². The van der Waals surface area contributed by atoms with Crippen molar-refractivity contribution in [3.63, 3.8) is 0 Å². The van der Waals surface area contributed by atoms with Crippen molar-refractivity contribution in [1.29, 1.82) is 0 Å². The lowest BCUT2D eigenvalue weighted by atomic mass is 9.95. The second-order valence-electron chi connectivity index (χ2n) is 4.18. The van der Waals surface area contributed by atoms with Crippen LogP contribution in [0.1, 0.15) is 30.9 Å². The van der Waals surface area contributed by atoms with E-state index in [4.69, 9.17) is 5.73 Å². The van der Waals surface area contributed by atoms with Gasteiger partial charge in [0.15, 0.2) is 0 Å². The molecule has 0 amide bonds. The molecule has 0 spiro atoms. The van der Waals surface area contributed by atoms with Crippen LogP contribution in [0.3, 0.4) is 0 Å². The first-order valence-electron chi connectivity index (χ1n) is 5.82. The van der Waals surface area contributed by atoms with Crippen LogP contribution >= 0.6 is 0 Å². The summed E-state index contributed by atoms with van der Waals surface area (Å²) >= 11 is 0. The molecule has 4 heteroatoms. The fourth-order valence-electron chi connectivity index (χ4n) is 2.24. The Balaban J connectivity index is 2.02. The molecule has 0 atom stereocenters. The minimum Gasteiger partial charge on any atom is -0.334 e. The molecule has 0 bridgehead atoms. The van der Waals surface area contributed by atoms with Crippen molar-refractivity contribution < 1.29 is 0 Å². The maximum atomic E-state index is 5.53. The Morgan fingerprint density at radius 2 is 2.27 bits per heavy atom. The van der Waals surface area contributed by atoms with Gasteiger partial charge in [-0.05, 0) is 38.9 Å². The molecule has 2 heterocycles. The Labute approximate surface area is 90.9 Å². The van der Waals surface area contributed by atoms with Crippen molar-refractivity contribution in [2.24, 2.45) is 5.73 Å². The van der Waals surface area contributed by atoms with E-state index in [1.54, 1.807) is 0 Å². The van der Waals surface area contributed by atoms with E-state index in [0.29, 0.717) is 5.92 Å². The van der Waals surface area contributed by atoms with Crippen LogP contribution in [0.4, 0.5) is 0 Å². The van der Waals surface area contributed by atoms with Gasteiger partial charge in [-0.1, -0.05) is 0 Å². The van der Waals surface area contributed by atoms with Gasteiger partial charge in [0.2, 0.25) is 0 Å². The molecule has 1 aliphatic rings. The molecular formula is C11H20N4. The molecule has 0 unspecified atom stereocenters. The number of aromatic nitrogens is 2.